The van der Waals surface area contributed by atoms with Crippen molar-refractivity contribution >= 4 is 60.8 Å². The van der Waals surface area contributed by atoms with Gasteiger partial charge < -0.3 is 13.9 Å². The summed E-state index contributed by atoms with van der Waals surface area (Å²) in [4.78, 5) is 2.37. The molecule has 1 aliphatic carbocycles. The van der Waals surface area contributed by atoms with Gasteiger partial charge in [0.15, 0.2) is 0 Å². The Bertz CT molecular complexity index is 3740. The molecule has 10 aromatic carbocycles. The van der Waals surface area contributed by atoms with E-state index >= 15 is 0 Å². The normalized spacial score (nSPS) is 12.8. The highest BCUT2D eigenvalue weighted by Gasteiger charge is 2.40. The zero-order valence-corrected chi connectivity index (χ0v) is 35.8. The highest BCUT2D eigenvalue weighted by Crippen LogP contribution is 2.53. The molecular formula is C62H42N2O. The summed E-state index contributed by atoms with van der Waals surface area (Å²) >= 11 is 0. The molecule has 0 spiro atoms. The van der Waals surface area contributed by atoms with Crippen LogP contribution in [0.5, 0.6) is 0 Å². The van der Waals surface area contributed by atoms with E-state index in [-0.39, 0.29) is 5.41 Å². The van der Waals surface area contributed by atoms with E-state index in [1.807, 2.05) is 12.1 Å². The second-order valence-electron chi connectivity index (χ2n) is 17.4. The topological polar surface area (TPSA) is 21.3 Å². The molecule has 0 unspecified atom stereocenters. The van der Waals surface area contributed by atoms with Crippen LogP contribution in [-0.4, -0.2) is 4.57 Å². The molecule has 0 N–H and O–H groups in total. The van der Waals surface area contributed by atoms with Crippen LogP contribution < -0.4 is 4.90 Å². The fraction of sp³-hybridized carbons (Fsp3) is 0.0323. The number of hydrogen-bond acceptors (Lipinski definition) is 2. The average Bonchev–Trinajstić information content (AvgIpc) is 4.00. The standard InChI is InChI=1S/C62H42N2O/c1-62(56-22-9-5-18-50(56)51-19-6-10-23-57(51)62)45-16-13-17-48(39-45)63(49-35-36-54-53-21-8-12-25-60(53)65-61(54)40-49)46-31-28-43(29-32-46)44-30-37-59-55(38-44)52-20-7-11-24-58(52)64(59)47-33-26-42(27-34-47)41-14-3-2-4-15-41/h2-40H,1H3. The van der Waals surface area contributed by atoms with E-state index in [4.69, 9.17) is 4.42 Å². The van der Waals surface area contributed by atoms with Crippen LogP contribution in [0.25, 0.3) is 82.8 Å². The first-order chi connectivity index (χ1) is 32.1. The van der Waals surface area contributed by atoms with Crippen molar-refractivity contribution in [3.8, 4) is 39.1 Å². The number of para-hydroxylation sites is 2. The van der Waals surface area contributed by atoms with Crippen LogP contribution in [0.15, 0.2) is 241 Å². The molecular weight excluding hydrogens is 789 g/mol. The minimum absolute atomic E-state index is 0.325. The number of nitrogens with zero attached hydrogens (tertiary/aromatic N) is 2. The Hall–Kier alpha value is -8.40. The molecule has 306 valence electrons. The molecule has 12 aromatic rings. The number of aromatic nitrogens is 1. The maximum atomic E-state index is 6.48. The highest BCUT2D eigenvalue weighted by atomic mass is 16.3. The van der Waals surface area contributed by atoms with Gasteiger partial charge in [0.25, 0.3) is 0 Å². The van der Waals surface area contributed by atoms with E-state index in [2.05, 4.69) is 241 Å². The number of fused-ring (bicyclic) bond motifs is 9. The van der Waals surface area contributed by atoms with Crippen LogP contribution >= 0.6 is 0 Å². The lowest BCUT2D eigenvalue weighted by Gasteiger charge is -2.31. The van der Waals surface area contributed by atoms with Crippen molar-refractivity contribution in [1.29, 1.82) is 0 Å². The molecule has 2 heterocycles. The molecule has 0 aliphatic heterocycles. The number of hydrogen-bond donors (Lipinski definition) is 0. The molecule has 3 nitrogen and oxygen atoms in total. The van der Waals surface area contributed by atoms with E-state index in [9.17, 15) is 0 Å². The minimum Gasteiger partial charge on any atom is -0.456 e. The molecule has 2 aromatic heterocycles. The third-order valence-corrected chi connectivity index (χ3v) is 13.9. The van der Waals surface area contributed by atoms with Gasteiger partial charge in [0.1, 0.15) is 11.2 Å². The first-order valence-electron chi connectivity index (χ1n) is 22.4. The van der Waals surface area contributed by atoms with Crippen LogP contribution in [0.2, 0.25) is 0 Å². The van der Waals surface area contributed by atoms with Crippen molar-refractivity contribution < 1.29 is 4.42 Å². The predicted molar refractivity (Wildman–Crippen MR) is 271 cm³/mol. The molecule has 13 rings (SSSR count). The molecule has 1 aliphatic rings. The van der Waals surface area contributed by atoms with Gasteiger partial charge in [-0.05, 0) is 130 Å². The van der Waals surface area contributed by atoms with Gasteiger partial charge in [-0.2, -0.15) is 0 Å². The lowest BCUT2D eigenvalue weighted by molar-refractivity contribution is 0.669. The van der Waals surface area contributed by atoms with Crippen LogP contribution in [-0.2, 0) is 5.41 Å². The summed E-state index contributed by atoms with van der Waals surface area (Å²) in [5.41, 5.74) is 19.4. The van der Waals surface area contributed by atoms with Crippen molar-refractivity contribution in [3.05, 3.63) is 253 Å². The highest BCUT2D eigenvalue weighted by molar-refractivity contribution is 6.11. The molecule has 0 saturated carbocycles. The molecule has 0 saturated heterocycles. The van der Waals surface area contributed by atoms with Crippen molar-refractivity contribution in [2.24, 2.45) is 0 Å². The fourth-order valence-corrected chi connectivity index (χ4v) is 10.7. The largest absolute Gasteiger partial charge is 0.456 e. The van der Waals surface area contributed by atoms with Crippen LogP contribution in [0.3, 0.4) is 0 Å². The fourth-order valence-electron chi connectivity index (χ4n) is 10.7. The van der Waals surface area contributed by atoms with Crippen LogP contribution in [0, 0.1) is 0 Å². The van der Waals surface area contributed by atoms with E-state index in [0.717, 1.165) is 50.3 Å². The summed E-state index contributed by atoms with van der Waals surface area (Å²) in [7, 11) is 0. The maximum Gasteiger partial charge on any atom is 0.137 e. The van der Waals surface area contributed by atoms with Gasteiger partial charge >= 0.3 is 0 Å². The van der Waals surface area contributed by atoms with Gasteiger partial charge in [-0.3, -0.25) is 0 Å². The van der Waals surface area contributed by atoms with Crippen molar-refractivity contribution in [1.82, 2.24) is 4.57 Å². The Morgan fingerprint density at radius 3 is 1.72 bits per heavy atom. The van der Waals surface area contributed by atoms with Crippen molar-refractivity contribution in [2.75, 3.05) is 4.90 Å². The third kappa shape index (κ3) is 5.82. The van der Waals surface area contributed by atoms with Gasteiger partial charge in [0.05, 0.1) is 11.0 Å². The minimum atomic E-state index is -0.325. The molecule has 0 bridgehead atoms. The number of benzene rings is 10. The molecule has 65 heavy (non-hydrogen) atoms. The Morgan fingerprint density at radius 2 is 0.938 bits per heavy atom. The number of furan rings is 1. The van der Waals surface area contributed by atoms with Gasteiger partial charge in [-0.15, -0.1) is 0 Å². The SMILES string of the molecule is CC1(c2cccc(N(c3ccc(-c4ccc5c(c4)c4ccccc4n5-c4ccc(-c5ccccc5)cc4)cc3)c3ccc4c(c3)oc3ccccc34)c2)c2ccccc2-c2ccccc21. The average molecular weight is 831 g/mol. The van der Waals surface area contributed by atoms with Crippen LogP contribution in [0.4, 0.5) is 17.1 Å². The zero-order chi connectivity index (χ0) is 43.1. The van der Waals surface area contributed by atoms with Gasteiger partial charge in [-0.25, -0.2) is 0 Å². The maximum absolute atomic E-state index is 6.48. The third-order valence-electron chi connectivity index (χ3n) is 13.9. The summed E-state index contributed by atoms with van der Waals surface area (Å²) < 4.78 is 8.87. The van der Waals surface area contributed by atoms with Crippen molar-refractivity contribution in [2.45, 2.75) is 12.3 Å². The second-order valence-corrected chi connectivity index (χ2v) is 17.4. The second kappa shape index (κ2) is 14.6. The van der Waals surface area contributed by atoms with E-state index in [0.29, 0.717) is 0 Å². The molecule has 0 amide bonds. The first-order valence-corrected chi connectivity index (χ1v) is 22.4. The van der Waals surface area contributed by atoms with Gasteiger partial charge in [-0.1, -0.05) is 158 Å². The summed E-state index contributed by atoms with van der Waals surface area (Å²) in [5, 5.41) is 4.71. The van der Waals surface area contributed by atoms with Gasteiger partial charge in [0.2, 0.25) is 0 Å². The monoisotopic (exact) mass is 830 g/mol. The van der Waals surface area contributed by atoms with E-state index in [1.54, 1.807) is 0 Å². The summed E-state index contributed by atoms with van der Waals surface area (Å²) in [5.74, 6) is 0. The lowest BCUT2D eigenvalue weighted by atomic mass is 9.74. The van der Waals surface area contributed by atoms with E-state index < -0.39 is 0 Å². The summed E-state index contributed by atoms with van der Waals surface area (Å²) in [6.07, 6.45) is 0. The Labute approximate surface area is 377 Å². The van der Waals surface area contributed by atoms with Crippen LogP contribution in [0.1, 0.15) is 23.6 Å². The molecule has 0 fully saturated rings. The van der Waals surface area contributed by atoms with E-state index in [1.165, 1.54) is 66.3 Å². The Morgan fingerprint density at radius 1 is 0.369 bits per heavy atom. The smallest absolute Gasteiger partial charge is 0.137 e. The zero-order valence-electron chi connectivity index (χ0n) is 35.8. The number of anilines is 3. The first kappa shape index (κ1) is 37.2. The Balaban J connectivity index is 0.916. The quantitative estimate of drug-likeness (QED) is 0.160. The number of rotatable bonds is 7. The van der Waals surface area contributed by atoms with Gasteiger partial charge in [0, 0.05) is 55.8 Å². The summed E-state index contributed by atoms with van der Waals surface area (Å²) in [6.45, 7) is 2.38. The van der Waals surface area contributed by atoms with Crippen molar-refractivity contribution in [3.63, 3.8) is 0 Å². The molecule has 3 heteroatoms. The Kier molecular flexibility index (Phi) is 8.34. The molecule has 0 radical (unpaired) electrons. The predicted octanol–water partition coefficient (Wildman–Crippen LogP) is 16.8. The summed E-state index contributed by atoms with van der Waals surface area (Å²) in [6, 6.07) is 86.0. The lowest BCUT2D eigenvalue weighted by Crippen LogP contribution is -2.23. The molecule has 0 atom stereocenters.